The Kier molecular flexibility index (Phi) is 8.12. The third kappa shape index (κ3) is 6.05. The van der Waals surface area contributed by atoms with Gasteiger partial charge in [-0.05, 0) is 231 Å². The fraction of sp³-hybridized carbons (Fsp3) is 0.476. The highest BCUT2D eigenvalue weighted by Gasteiger charge is 2.54. The molecule has 7 aromatic rings. The lowest BCUT2D eigenvalue weighted by molar-refractivity contribution is -0.00530. The highest BCUT2D eigenvalue weighted by atomic mass is 16.3. The van der Waals surface area contributed by atoms with Crippen LogP contribution in [0.3, 0.4) is 0 Å². The topological polar surface area (TPSA) is 51.8 Å². The van der Waals surface area contributed by atoms with E-state index >= 15 is 0 Å². The molecule has 19 rings (SSSR count). The fourth-order valence-corrected chi connectivity index (χ4v) is 19.3. The van der Waals surface area contributed by atoms with Crippen LogP contribution in [0.1, 0.15) is 132 Å². The number of fused-ring (bicyclic) bond motifs is 3. The quantitative estimate of drug-likeness (QED) is 0.160. The smallest absolute Gasteiger partial charge is 0.167 e. The van der Waals surface area contributed by atoms with Crippen molar-refractivity contribution in [3.8, 4) is 45.3 Å². The number of aromatic nitrogens is 3. The lowest BCUT2D eigenvalue weighted by atomic mass is 9.48. The normalized spacial score (nSPS) is 36.2. The monoisotopic (exact) mass is 877 g/mol. The Labute approximate surface area is 395 Å². The molecule has 12 saturated carbocycles. The van der Waals surface area contributed by atoms with Crippen molar-refractivity contribution < 1.29 is 4.42 Å². The van der Waals surface area contributed by atoms with E-state index in [4.69, 9.17) is 19.4 Å². The molecule has 4 nitrogen and oxygen atoms in total. The zero-order chi connectivity index (χ0) is 43.6. The SMILES string of the molecule is c1cc(-c2nc(-c3ccc(C45CC6CC(CC(C6)C4)C5)cc3)nc(-c3ccc(C45CC6CC(CC(C6)C4)C5)cc3)n2)c2oc3cc(-c4ccc(C56CC7CC(CC(C7)C5)C6)cc4)ccc3c2c1. The van der Waals surface area contributed by atoms with Gasteiger partial charge in [0.15, 0.2) is 17.5 Å². The summed E-state index contributed by atoms with van der Waals surface area (Å²) in [6.07, 6.45) is 25.7. The molecule has 0 atom stereocenters. The van der Waals surface area contributed by atoms with Crippen LogP contribution in [0.4, 0.5) is 0 Å². The van der Waals surface area contributed by atoms with Crippen LogP contribution in [0.15, 0.2) is 114 Å². The summed E-state index contributed by atoms with van der Waals surface area (Å²) in [5.74, 6) is 10.5. The predicted octanol–water partition coefficient (Wildman–Crippen LogP) is 15.8. The van der Waals surface area contributed by atoms with E-state index in [-0.39, 0.29) is 0 Å². The summed E-state index contributed by atoms with van der Waals surface area (Å²) in [6.45, 7) is 0. The molecule has 12 aliphatic carbocycles. The Morgan fingerprint density at radius 1 is 0.343 bits per heavy atom. The summed E-state index contributed by atoms with van der Waals surface area (Å²) in [5.41, 5.74) is 13.0. The Hall–Kier alpha value is -5.09. The average molecular weight is 878 g/mol. The molecule has 5 aromatic carbocycles. The van der Waals surface area contributed by atoms with Crippen molar-refractivity contribution in [1.29, 1.82) is 0 Å². The van der Waals surface area contributed by atoms with Gasteiger partial charge in [-0.15, -0.1) is 0 Å². The average Bonchev–Trinajstić information content (AvgIpc) is 3.71. The van der Waals surface area contributed by atoms with Crippen molar-refractivity contribution in [2.45, 2.75) is 132 Å². The first-order valence-corrected chi connectivity index (χ1v) is 26.9. The van der Waals surface area contributed by atoms with E-state index in [1.54, 1.807) is 5.56 Å². The van der Waals surface area contributed by atoms with Gasteiger partial charge in [-0.2, -0.15) is 0 Å². The van der Waals surface area contributed by atoms with E-state index in [1.807, 2.05) is 0 Å². The van der Waals surface area contributed by atoms with Crippen LogP contribution in [0.5, 0.6) is 0 Å². The van der Waals surface area contributed by atoms with E-state index in [2.05, 4.69) is 109 Å². The van der Waals surface area contributed by atoms with Gasteiger partial charge in [0.05, 0.1) is 5.56 Å². The number of hydrogen-bond acceptors (Lipinski definition) is 4. The van der Waals surface area contributed by atoms with Gasteiger partial charge in [0.25, 0.3) is 0 Å². The third-order valence-corrected chi connectivity index (χ3v) is 20.8. The number of hydrogen-bond donors (Lipinski definition) is 0. The molecule has 2 aromatic heterocycles. The molecule has 0 spiro atoms. The molecule has 0 radical (unpaired) electrons. The van der Waals surface area contributed by atoms with Crippen molar-refractivity contribution in [3.63, 3.8) is 0 Å². The summed E-state index contributed by atoms with van der Waals surface area (Å²) in [7, 11) is 0. The van der Waals surface area contributed by atoms with Crippen LogP contribution in [-0.2, 0) is 16.2 Å². The Balaban J connectivity index is 0.766. The molecule has 0 saturated heterocycles. The Morgan fingerprint density at radius 3 is 1.10 bits per heavy atom. The van der Waals surface area contributed by atoms with E-state index in [0.717, 1.165) is 104 Å². The largest absolute Gasteiger partial charge is 0.455 e. The van der Waals surface area contributed by atoms with Gasteiger partial charge in [-0.1, -0.05) is 91.0 Å². The molecule has 12 bridgehead atoms. The Morgan fingerprint density at radius 2 is 0.701 bits per heavy atom. The number of furan rings is 1. The van der Waals surface area contributed by atoms with Crippen LogP contribution >= 0.6 is 0 Å². The maximum absolute atomic E-state index is 6.94. The van der Waals surface area contributed by atoms with Crippen molar-refractivity contribution >= 4 is 21.9 Å². The molecule has 336 valence electrons. The van der Waals surface area contributed by atoms with Crippen molar-refractivity contribution in [1.82, 2.24) is 15.0 Å². The summed E-state index contributed by atoms with van der Waals surface area (Å²) in [4.78, 5) is 16.0. The zero-order valence-electron chi connectivity index (χ0n) is 39.1. The third-order valence-electron chi connectivity index (χ3n) is 20.8. The number of benzene rings is 5. The van der Waals surface area contributed by atoms with Crippen LogP contribution in [0.25, 0.3) is 67.2 Å². The minimum atomic E-state index is 0.357. The lowest BCUT2D eigenvalue weighted by Crippen LogP contribution is -2.48. The van der Waals surface area contributed by atoms with Gasteiger partial charge < -0.3 is 4.42 Å². The number of para-hydroxylation sites is 1. The molecule has 12 aliphatic rings. The highest BCUT2D eigenvalue weighted by Crippen LogP contribution is 2.63. The molecule has 67 heavy (non-hydrogen) atoms. The van der Waals surface area contributed by atoms with Gasteiger partial charge in [-0.3, -0.25) is 0 Å². The summed E-state index contributed by atoms with van der Waals surface area (Å²) >= 11 is 0. The second-order valence-electron chi connectivity index (χ2n) is 25.1. The molecule has 12 fully saturated rings. The van der Waals surface area contributed by atoms with Gasteiger partial charge in [-0.25, -0.2) is 15.0 Å². The van der Waals surface area contributed by atoms with E-state index in [0.29, 0.717) is 22.1 Å². The molecular weight excluding hydrogens is 815 g/mol. The first kappa shape index (κ1) is 38.8. The van der Waals surface area contributed by atoms with Crippen molar-refractivity contribution in [2.75, 3.05) is 0 Å². The van der Waals surface area contributed by atoms with Gasteiger partial charge >= 0.3 is 0 Å². The molecule has 0 aliphatic heterocycles. The van der Waals surface area contributed by atoms with Crippen LogP contribution in [-0.4, -0.2) is 15.0 Å². The maximum atomic E-state index is 6.94. The predicted molar refractivity (Wildman–Crippen MR) is 268 cm³/mol. The van der Waals surface area contributed by atoms with E-state index < -0.39 is 0 Å². The zero-order valence-corrected chi connectivity index (χ0v) is 39.1. The summed E-state index contributed by atoms with van der Waals surface area (Å²) < 4.78 is 6.94. The number of nitrogens with zero attached hydrogens (tertiary/aromatic N) is 3. The highest BCUT2D eigenvalue weighted by molar-refractivity contribution is 6.10. The van der Waals surface area contributed by atoms with Crippen molar-refractivity contribution in [2.24, 2.45) is 53.3 Å². The standard InChI is InChI=1S/C63H63N3O/c1-2-54-53-17-10-49(46-4-11-50(12-5-46)61-28-37-18-38(29-61)20-39(19-37)30-61)27-56(53)67-57(54)55(3-1)60-65-58(47-6-13-51(14-7-47)62-31-40-21-41(32-62)23-42(22-40)33-62)64-59(66-60)48-8-15-52(16-9-48)63-34-43-24-44(35-63)26-45(25-43)36-63/h1-17,27,37-45H,18-26,28-36H2. The van der Waals surface area contributed by atoms with Crippen molar-refractivity contribution in [3.05, 3.63) is 126 Å². The first-order chi connectivity index (χ1) is 32.9. The van der Waals surface area contributed by atoms with Gasteiger partial charge in [0, 0.05) is 21.9 Å². The molecule has 0 amide bonds. The van der Waals surface area contributed by atoms with Gasteiger partial charge in [0.2, 0.25) is 0 Å². The van der Waals surface area contributed by atoms with Gasteiger partial charge in [0.1, 0.15) is 11.2 Å². The molecule has 0 N–H and O–H groups in total. The first-order valence-electron chi connectivity index (χ1n) is 26.9. The summed E-state index contributed by atoms with van der Waals surface area (Å²) in [5, 5.41) is 2.22. The van der Waals surface area contributed by atoms with E-state index in [1.165, 1.54) is 138 Å². The minimum Gasteiger partial charge on any atom is -0.455 e. The Bertz CT molecular complexity index is 2910. The van der Waals surface area contributed by atoms with E-state index in [9.17, 15) is 0 Å². The van der Waals surface area contributed by atoms with Crippen LogP contribution < -0.4 is 0 Å². The second kappa shape index (κ2) is 14.0. The van der Waals surface area contributed by atoms with Crippen LogP contribution in [0, 0.1) is 53.3 Å². The molecule has 2 heterocycles. The second-order valence-corrected chi connectivity index (χ2v) is 25.1. The lowest BCUT2D eigenvalue weighted by Gasteiger charge is -2.57. The summed E-state index contributed by atoms with van der Waals surface area (Å²) in [6, 6.07) is 41.9. The maximum Gasteiger partial charge on any atom is 0.167 e. The molecule has 0 unspecified atom stereocenters. The fourth-order valence-electron chi connectivity index (χ4n) is 19.3. The number of rotatable bonds is 7. The molecular formula is C63H63N3O. The van der Waals surface area contributed by atoms with Crippen LogP contribution in [0.2, 0.25) is 0 Å². The minimum absolute atomic E-state index is 0.357. The molecule has 4 heteroatoms.